The Balaban J connectivity index is 2.04. The van der Waals surface area contributed by atoms with Gasteiger partial charge in [0.25, 0.3) is 5.91 Å². The van der Waals surface area contributed by atoms with Gasteiger partial charge in [0.15, 0.2) is 0 Å². The summed E-state index contributed by atoms with van der Waals surface area (Å²) < 4.78 is 5.41. The van der Waals surface area contributed by atoms with E-state index in [1.165, 1.54) is 6.92 Å². The van der Waals surface area contributed by atoms with Crippen molar-refractivity contribution in [3.05, 3.63) is 29.8 Å². The van der Waals surface area contributed by atoms with Gasteiger partial charge < -0.3 is 15.0 Å². The van der Waals surface area contributed by atoms with Crippen molar-refractivity contribution in [2.45, 2.75) is 20.0 Å². The third kappa shape index (κ3) is 3.54. The van der Waals surface area contributed by atoms with Crippen molar-refractivity contribution in [3.63, 3.8) is 0 Å². The van der Waals surface area contributed by atoms with Crippen LogP contribution in [0.25, 0.3) is 0 Å². The monoisotopic (exact) mass is 262 g/mol. The van der Waals surface area contributed by atoms with Crippen molar-refractivity contribution in [2.75, 3.05) is 24.6 Å². The van der Waals surface area contributed by atoms with Gasteiger partial charge in [-0.15, -0.1) is 0 Å². The molecule has 0 bridgehead atoms. The Morgan fingerprint density at radius 1 is 1.42 bits per heavy atom. The van der Waals surface area contributed by atoms with Crippen molar-refractivity contribution in [3.8, 4) is 0 Å². The molecule has 0 radical (unpaired) electrons. The van der Waals surface area contributed by atoms with E-state index in [-0.39, 0.29) is 24.5 Å². The topological polar surface area (TPSA) is 58.6 Å². The van der Waals surface area contributed by atoms with Gasteiger partial charge in [0.1, 0.15) is 6.61 Å². The maximum Gasteiger partial charge on any atom is 0.253 e. The van der Waals surface area contributed by atoms with Gasteiger partial charge in [-0.25, -0.2) is 0 Å². The Labute approximate surface area is 112 Å². The quantitative estimate of drug-likeness (QED) is 0.879. The molecule has 1 fully saturated rings. The van der Waals surface area contributed by atoms with E-state index in [9.17, 15) is 9.59 Å². The molecular weight excluding hydrogens is 244 g/mol. The molecule has 2 amide bonds. The van der Waals surface area contributed by atoms with Gasteiger partial charge >= 0.3 is 0 Å². The lowest BCUT2D eigenvalue weighted by atomic mass is 10.2. The van der Waals surface area contributed by atoms with E-state index < -0.39 is 0 Å². The molecule has 2 rings (SSSR count). The number of anilines is 1. The van der Waals surface area contributed by atoms with E-state index in [4.69, 9.17) is 4.74 Å². The Morgan fingerprint density at radius 2 is 2.11 bits per heavy atom. The highest BCUT2D eigenvalue weighted by Gasteiger charge is 2.27. The first-order valence-corrected chi connectivity index (χ1v) is 6.29. The third-order valence-electron chi connectivity index (χ3n) is 3.05. The first-order chi connectivity index (χ1) is 9.06. The molecule has 1 aliphatic rings. The standard InChI is InChI=1S/C14H18N2O3/c1-10-3-5-12(6-4-10)16-8-13(7-15-11(2)17)19-9-14(16)18/h3-6,13H,7-9H2,1-2H3,(H,15,17). The van der Waals surface area contributed by atoms with Gasteiger partial charge in [-0.1, -0.05) is 17.7 Å². The van der Waals surface area contributed by atoms with Gasteiger partial charge in [-0.2, -0.15) is 0 Å². The molecule has 1 aliphatic heterocycles. The predicted molar refractivity (Wildman–Crippen MR) is 72.0 cm³/mol. The van der Waals surface area contributed by atoms with Crippen molar-refractivity contribution in [1.29, 1.82) is 0 Å². The highest BCUT2D eigenvalue weighted by atomic mass is 16.5. The van der Waals surface area contributed by atoms with Crippen LogP contribution in [-0.4, -0.2) is 37.6 Å². The second kappa shape index (κ2) is 5.84. The van der Waals surface area contributed by atoms with Crippen molar-refractivity contribution < 1.29 is 14.3 Å². The number of carbonyl (C=O) groups excluding carboxylic acids is 2. The van der Waals surface area contributed by atoms with Gasteiger partial charge in [0, 0.05) is 19.2 Å². The first kappa shape index (κ1) is 13.5. The molecule has 1 heterocycles. The summed E-state index contributed by atoms with van der Waals surface area (Å²) in [4.78, 5) is 24.5. The normalized spacial score (nSPS) is 19.4. The molecule has 0 aliphatic carbocycles. The van der Waals surface area contributed by atoms with Crippen LogP contribution in [0.1, 0.15) is 12.5 Å². The smallest absolute Gasteiger partial charge is 0.253 e. The number of hydrogen-bond donors (Lipinski definition) is 1. The molecule has 19 heavy (non-hydrogen) atoms. The molecule has 1 N–H and O–H groups in total. The molecule has 1 saturated heterocycles. The maximum absolute atomic E-state index is 11.9. The Bertz CT molecular complexity index is 470. The van der Waals surface area contributed by atoms with Crippen LogP contribution in [0, 0.1) is 6.92 Å². The molecule has 1 unspecified atom stereocenters. The Morgan fingerprint density at radius 3 is 2.74 bits per heavy atom. The minimum absolute atomic E-state index is 0.0528. The molecule has 5 nitrogen and oxygen atoms in total. The first-order valence-electron chi connectivity index (χ1n) is 6.29. The second-order valence-electron chi connectivity index (χ2n) is 4.71. The summed E-state index contributed by atoms with van der Waals surface area (Å²) in [6.45, 7) is 4.40. The van der Waals surface area contributed by atoms with E-state index in [1.807, 2.05) is 31.2 Å². The fourth-order valence-electron chi connectivity index (χ4n) is 1.98. The number of rotatable bonds is 3. The lowest BCUT2D eigenvalue weighted by Crippen LogP contribution is -2.50. The molecule has 102 valence electrons. The number of benzene rings is 1. The number of aryl methyl sites for hydroxylation is 1. The molecular formula is C14H18N2O3. The largest absolute Gasteiger partial charge is 0.365 e. The van der Waals surface area contributed by atoms with E-state index in [1.54, 1.807) is 4.90 Å². The van der Waals surface area contributed by atoms with Crippen molar-refractivity contribution in [1.82, 2.24) is 5.32 Å². The maximum atomic E-state index is 11.9. The average Bonchev–Trinajstić information content (AvgIpc) is 2.39. The van der Waals surface area contributed by atoms with E-state index in [0.717, 1.165) is 11.3 Å². The zero-order valence-electron chi connectivity index (χ0n) is 11.2. The van der Waals surface area contributed by atoms with Gasteiger partial charge in [0.05, 0.1) is 12.6 Å². The van der Waals surface area contributed by atoms with E-state index >= 15 is 0 Å². The predicted octanol–water partition coefficient (Wildman–Crippen LogP) is 0.863. The number of hydrogen-bond acceptors (Lipinski definition) is 3. The average molecular weight is 262 g/mol. The summed E-state index contributed by atoms with van der Waals surface area (Å²) in [6.07, 6.45) is -0.164. The SMILES string of the molecule is CC(=O)NCC1CN(c2ccc(C)cc2)C(=O)CO1. The van der Waals surface area contributed by atoms with Crippen LogP contribution in [0.15, 0.2) is 24.3 Å². The van der Waals surface area contributed by atoms with Crippen LogP contribution in [0.2, 0.25) is 0 Å². The Kier molecular flexibility index (Phi) is 4.16. The van der Waals surface area contributed by atoms with E-state index in [2.05, 4.69) is 5.32 Å². The van der Waals surface area contributed by atoms with Gasteiger partial charge in [-0.05, 0) is 19.1 Å². The van der Waals surface area contributed by atoms with Crippen LogP contribution in [-0.2, 0) is 14.3 Å². The number of morpholine rings is 1. The molecule has 0 saturated carbocycles. The summed E-state index contributed by atoms with van der Waals surface area (Å²) >= 11 is 0. The molecule has 0 aromatic heterocycles. The molecule has 5 heteroatoms. The molecule has 1 atom stereocenters. The fourth-order valence-corrected chi connectivity index (χ4v) is 1.98. The summed E-state index contributed by atoms with van der Waals surface area (Å²) in [7, 11) is 0. The summed E-state index contributed by atoms with van der Waals surface area (Å²) in [6, 6.07) is 7.80. The number of ether oxygens (including phenoxy) is 1. The number of nitrogens with one attached hydrogen (secondary N) is 1. The van der Waals surface area contributed by atoms with Crippen LogP contribution in [0.4, 0.5) is 5.69 Å². The third-order valence-corrected chi connectivity index (χ3v) is 3.05. The fraction of sp³-hybridized carbons (Fsp3) is 0.429. The van der Waals surface area contributed by atoms with Crippen molar-refractivity contribution >= 4 is 17.5 Å². The molecule has 1 aromatic carbocycles. The van der Waals surface area contributed by atoms with Crippen LogP contribution in [0.3, 0.4) is 0 Å². The summed E-state index contributed by atoms with van der Waals surface area (Å²) in [5, 5.41) is 2.71. The number of amides is 2. The second-order valence-corrected chi connectivity index (χ2v) is 4.71. The minimum Gasteiger partial charge on any atom is -0.365 e. The lowest BCUT2D eigenvalue weighted by molar-refractivity contribution is -0.129. The molecule has 1 aromatic rings. The van der Waals surface area contributed by atoms with Crippen LogP contribution >= 0.6 is 0 Å². The van der Waals surface area contributed by atoms with Crippen LogP contribution in [0.5, 0.6) is 0 Å². The summed E-state index contributed by atoms with van der Waals surface area (Å²) in [5.74, 6) is -0.148. The lowest BCUT2D eigenvalue weighted by Gasteiger charge is -2.32. The van der Waals surface area contributed by atoms with Gasteiger partial charge in [-0.3, -0.25) is 9.59 Å². The van der Waals surface area contributed by atoms with Gasteiger partial charge in [0.2, 0.25) is 5.91 Å². The summed E-state index contributed by atoms with van der Waals surface area (Å²) in [5.41, 5.74) is 2.02. The number of nitrogens with zero attached hydrogens (tertiary/aromatic N) is 1. The zero-order chi connectivity index (χ0) is 13.8. The molecule has 0 spiro atoms. The zero-order valence-corrected chi connectivity index (χ0v) is 11.2. The van der Waals surface area contributed by atoms with E-state index in [0.29, 0.717) is 13.1 Å². The Hall–Kier alpha value is -1.88. The minimum atomic E-state index is -0.164. The highest BCUT2D eigenvalue weighted by Crippen LogP contribution is 2.19. The van der Waals surface area contributed by atoms with Crippen molar-refractivity contribution in [2.24, 2.45) is 0 Å². The highest BCUT2D eigenvalue weighted by molar-refractivity contribution is 5.95. The number of carbonyl (C=O) groups is 2. The van der Waals surface area contributed by atoms with Crippen LogP contribution < -0.4 is 10.2 Å².